The van der Waals surface area contributed by atoms with Crippen LogP contribution >= 0.6 is 22.9 Å². The van der Waals surface area contributed by atoms with Gasteiger partial charge >= 0.3 is 0 Å². The number of phenols is 1. The number of hydrogen-bond donors (Lipinski definition) is 1. The number of rotatable bonds is 2. The molecule has 27 heavy (non-hydrogen) atoms. The largest absolute Gasteiger partial charge is 0.507 e. The summed E-state index contributed by atoms with van der Waals surface area (Å²) >= 11 is 7.90. The molecule has 0 aliphatic carbocycles. The summed E-state index contributed by atoms with van der Waals surface area (Å²) in [4.78, 5) is 1.10. The number of ether oxygens (including phenoxy) is 1. The summed E-state index contributed by atoms with van der Waals surface area (Å²) < 4.78 is 6.29. The summed E-state index contributed by atoms with van der Waals surface area (Å²) in [5.74, 6) is 1.09. The average molecular weight is 397 g/mol. The molecule has 0 bridgehead atoms. The Morgan fingerprint density at radius 2 is 2.11 bits per heavy atom. The molecule has 5 rings (SSSR count). The van der Waals surface area contributed by atoms with E-state index in [2.05, 4.69) is 6.07 Å². The standard InChI is InChI=1S/C21H17ClN2O2S/c1-12-4-6-18(25)14(9-12)16-11-17-15-10-13(22)5-7-19(15)26-21(24(17)23-16)20-3-2-8-27-20/h2-10,17,21,25H,11H2,1H3/t17-,21-/m0/s1. The van der Waals surface area contributed by atoms with Gasteiger partial charge in [0.25, 0.3) is 0 Å². The van der Waals surface area contributed by atoms with Gasteiger partial charge in [0.05, 0.1) is 16.6 Å². The normalized spacial score (nSPS) is 20.7. The van der Waals surface area contributed by atoms with Crippen LogP contribution in [0.25, 0.3) is 0 Å². The van der Waals surface area contributed by atoms with Crippen LogP contribution in [-0.4, -0.2) is 15.8 Å². The van der Waals surface area contributed by atoms with E-state index in [0.717, 1.165) is 33.0 Å². The summed E-state index contributed by atoms with van der Waals surface area (Å²) in [6.07, 6.45) is 0.406. The second-order valence-electron chi connectivity index (χ2n) is 6.84. The highest BCUT2D eigenvalue weighted by Crippen LogP contribution is 2.49. The number of halogens is 1. The van der Waals surface area contributed by atoms with Crippen molar-refractivity contribution in [2.24, 2.45) is 5.10 Å². The monoisotopic (exact) mass is 396 g/mol. The van der Waals surface area contributed by atoms with Gasteiger partial charge in [-0.3, -0.25) is 0 Å². The average Bonchev–Trinajstić information content (AvgIpc) is 3.33. The molecule has 0 saturated carbocycles. The highest BCUT2D eigenvalue weighted by molar-refractivity contribution is 7.10. The lowest BCUT2D eigenvalue weighted by molar-refractivity contribution is -0.0165. The van der Waals surface area contributed by atoms with Gasteiger partial charge in [-0.25, -0.2) is 5.01 Å². The lowest BCUT2D eigenvalue weighted by atomic mass is 9.95. The second kappa shape index (κ2) is 6.29. The van der Waals surface area contributed by atoms with Crippen molar-refractivity contribution in [1.29, 1.82) is 0 Å². The fraction of sp³-hybridized carbons (Fsp3) is 0.190. The van der Waals surface area contributed by atoms with Crippen LogP contribution in [0.2, 0.25) is 5.02 Å². The van der Waals surface area contributed by atoms with Crippen molar-refractivity contribution in [3.8, 4) is 11.5 Å². The zero-order valence-electron chi connectivity index (χ0n) is 14.6. The van der Waals surface area contributed by atoms with Crippen molar-refractivity contribution < 1.29 is 9.84 Å². The van der Waals surface area contributed by atoms with Crippen molar-refractivity contribution in [3.63, 3.8) is 0 Å². The van der Waals surface area contributed by atoms with Crippen LogP contribution in [0.1, 0.15) is 40.3 Å². The van der Waals surface area contributed by atoms with Gasteiger partial charge in [-0.2, -0.15) is 5.10 Å². The van der Waals surface area contributed by atoms with Gasteiger partial charge in [0.1, 0.15) is 11.5 Å². The number of phenolic OH excluding ortho intramolecular Hbond substituents is 1. The molecule has 2 atom stereocenters. The third kappa shape index (κ3) is 2.78. The topological polar surface area (TPSA) is 45.1 Å². The summed E-state index contributed by atoms with van der Waals surface area (Å²) in [6, 6.07) is 15.4. The van der Waals surface area contributed by atoms with Gasteiger partial charge < -0.3 is 9.84 Å². The molecule has 2 aromatic carbocycles. The third-order valence-corrected chi connectivity index (χ3v) is 6.14. The molecule has 136 valence electrons. The van der Waals surface area contributed by atoms with Crippen molar-refractivity contribution in [2.45, 2.75) is 25.6 Å². The first-order valence-electron chi connectivity index (χ1n) is 8.75. The predicted molar refractivity (Wildman–Crippen MR) is 108 cm³/mol. The molecule has 1 aromatic heterocycles. The molecule has 0 radical (unpaired) electrons. The Kier molecular flexibility index (Phi) is 3.88. The molecule has 1 N–H and O–H groups in total. The van der Waals surface area contributed by atoms with Crippen LogP contribution < -0.4 is 4.74 Å². The maximum Gasteiger partial charge on any atom is 0.222 e. The number of nitrogens with zero attached hydrogens (tertiary/aromatic N) is 2. The van der Waals surface area contributed by atoms with Crippen LogP contribution in [-0.2, 0) is 0 Å². The highest BCUT2D eigenvalue weighted by Gasteiger charge is 2.41. The second-order valence-corrected chi connectivity index (χ2v) is 8.25. The van der Waals surface area contributed by atoms with Gasteiger partial charge in [0.2, 0.25) is 6.23 Å². The molecule has 0 unspecified atom stereocenters. The Hall–Kier alpha value is -2.50. The summed E-state index contributed by atoms with van der Waals surface area (Å²) in [5.41, 5.74) is 3.75. The summed E-state index contributed by atoms with van der Waals surface area (Å²) in [5, 5.41) is 20.0. The fourth-order valence-corrected chi connectivity index (χ4v) is 4.65. The quantitative estimate of drug-likeness (QED) is 0.608. The zero-order chi connectivity index (χ0) is 18.5. The van der Waals surface area contributed by atoms with Crippen LogP contribution in [0, 0.1) is 6.92 Å². The Morgan fingerprint density at radius 3 is 2.93 bits per heavy atom. The number of fused-ring (bicyclic) bond motifs is 3. The van der Waals surface area contributed by atoms with E-state index in [-0.39, 0.29) is 18.0 Å². The van der Waals surface area contributed by atoms with Gasteiger partial charge in [0, 0.05) is 22.6 Å². The number of benzene rings is 2. The molecule has 2 aliphatic rings. The smallest absolute Gasteiger partial charge is 0.222 e. The molecule has 0 fully saturated rings. The summed E-state index contributed by atoms with van der Waals surface area (Å²) in [7, 11) is 0. The molecular formula is C21H17ClN2O2S. The molecule has 4 nitrogen and oxygen atoms in total. The number of thiophene rings is 1. The minimum Gasteiger partial charge on any atom is -0.507 e. The van der Waals surface area contributed by atoms with E-state index < -0.39 is 0 Å². The Morgan fingerprint density at radius 1 is 1.22 bits per heavy atom. The molecule has 0 spiro atoms. The molecule has 3 heterocycles. The summed E-state index contributed by atoms with van der Waals surface area (Å²) in [6.45, 7) is 2.01. The van der Waals surface area contributed by atoms with E-state index in [9.17, 15) is 5.11 Å². The maximum atomic E-state index is 10.4. The van der Waals surface area contributed by atoms with Crippen molar-refractivity contribution >= 4 is 28.6 Å². The maximum absolute atomic E-state index is 10.4. The Bertz CT molecular complexity index is 1050. The van der Waals surface area contributed by atoms with Crippen LogP contribution in [0.15, 0.2) is 59.0 Å². The minimum atomic E-state index is -0.284. The van der Waals surface area contributed by atoms with Gasteiger partial charge in [-0.15, -0.1) is 11.3 Å². The lowest BCUT2D eigenvalue weighted by Gasteiger charge is -2.37. The van der Waals surface area contributed by atoms with Crippen LogP contribution in [0.3, 0.4) is 0 Å². The van der Waals surface area contributed by atoms with E-state index in [1.807, 2.05) is 53.7 Å². The molecular weight excluding hydrogens is 380 g/mol. The van der Waals surface area contributed by atoms with E-state index in [1.165, 1.54) is 0 Å². The van der Waals surface area contributed by atoms with Crippen molar-refractivity contribution in [3.05, 3.63) is 80.5 Å². The molecule has 0 amide bonds. The van der Waals surface area contributed by atoms with Crippen LogP contribution in [0.5, 0.6) is 11.5 Å². The zero-order valence-corrected chi connectivity index (χ0v) is 16.2. The van der Waals surface area contributed by atoms with E-state index in [1.54, 1.807) is 17.4 Å². The van der Waals surface area contributed by atoms with E-state index in [4.69, 9.17) is 21.4 Å². The first-order chi connectivity index (χ1) is 13.1. The first-order valence-corrected chi connectivity index (χ1v) is 10.0. The molecule has 0 saturated heterocycles. The van der Waals surface area contributed by atoms with E-state index in [0.29, 0.717) is 11.4 Å². The van der Waals surface area contributed by atoms with E-state index >= 15 is 0 Å². The van der Waals surface area contributed by atoms with Gasteiger partial charge in [0.15, 0.2) is 0 Å². The fourth-order valence-electron chi connectivity index (χ4n) is 3.72. The molecule has 3 aromatic rings. The highest BCUT2D eigenvalue weighted by atomic mass is 35.5. The number of aromatic hydroxyl groups is 1. The predicted octanol–water partition coefficient (Wildman–Crippen LogP) is 5.66. The van der Waals surface area contributed by atoms with Crippen LogP contribution in [0.4, 0.5) is 0 Å². The molecule has 2 aliphatic heterocycles. The minimum absolute atomic E-state index is 0.0227. The molecule has 6 heteroatoms. The van der Waals surface area contributed by atoms with Gasteiger partial charge in [-0.05, 0) is 48.7 Å². The van der Waals surface area contributed by atoms with Crippen molar-refractivity contribution in [1.82, 2.24) is 5.01 Å². The SMILES string of the molecule is Cc1ccc(O)c(C2=NN3[C@@H](C2)c2cc(Cl)ccc2O[C@H]3c2cccs2)c1. The number of aryl methyl sites for hydroxylation is 1. The number of hydrogen-bond acceptors (Lipinski definition) is 5. The van der Waals surface area contributed by atoms with Gasteiger partial charge in [-0.1, -0.05) is 29.3 Å². The van der Waals surface area contributed by atoms with Crippen molar-refractivity contribution in [2.75, 3.05) is 0 Å². The number of hydrazone groups is 1. The lowest BCUT2D eigenvalue weighted by Crippen LogP contribution is -2.33. The Balaban J connectivity index is 1.63. The third-order valence-electron chi connectivity index (χ3n) is 5.00. The first kappa shape index (κ1) is 16.7. The Labute approximate surface area is 166 Å².